The van der Waals surface area contributed by atoms with Gasteiger partial charge in [0.2, 0.25) is 16.0 Å². The molecule has 1 aromatic heterocycles. The number of nitrogens with one attached hydrogen (secondary N) is 3. The number of ketones is 1. The molecular formula is C21H21ClFN5O3S. The van der Waals surface area contributed by atoms with Gasteiger partial charge in [-0.25, -0.2) is 17.8 Å². The molecule has 2 aromatic carbocycles. The summed E-state index contributed by atoms with van der Waals surface area (Å²) in [5, 5.41) is 5.88. The largest absolute Gasteiger partial charge is 0.337 e. The lowest BCUT2D eigenvalue weighted by Gasteiger charge is -2.15. The molecule has 0 aliphatic carbocycles. The maximum atomic E-state index is 14.3. The van der Waals surface area contributed by atoms with Gasteiger partial charge in [-0.1, -0.05) is 30.7 Å². The lowest BCUT2D eigenvalue weighted by molar-refractivity contribution is 0.0988. The van der Waals surface area contributed by atoms with Crippen molar-refractivity contribution in [1.82, 2.24) is 9.97 Å². The summed E-state index contributed by atoms with van der Waals surface area (Å²) in [6.07, 6.45) is 1.61. The molecule has 3 aromatic rings. The Hall–Kier alpha value is -3.24. The normalized spacial score (nSPS) is 11.1. The zero-order valence-corrected chi connectivity index (χ0v) is 18.9. The maximum absolute atomic E-state index is 14.3. The average Bonchev–Trinajstić information content (AvgIpc) is 2.78. The van der Waals surface area contributed by atoms with Crippen LogP contribution in [0.4, 0.5) is 33.2 Å². The monoisotopic (exact) mass is 477 g/mol. The fourth-order valence-corrected chi connectivity index (χ4v) is 3.48. The van der Waals surface area contributed by atoms with E-state index in [4.69, 9.17) is 11.6 Å². The van der Waals surface area contributed by atoms with E-state index < -0.39 is 15.8 Å². The molecule has 11 heteroatoms. The highest BCUT2D eigenvalue weighted by atomic mass is 35.5. The first kappa shape index (κ1) is 23.4. The van der Waals surface area contributed by atoms with E-state index >= 15 is 0 Å². The van der Waals surface area contributed by atoms with E-state index in [1.165, 1.54) is 31.3 Å². The second-order valence-corrected chi connectivity index (χ2v) is 9.08. The fourth-order valence-electron chi connectivity index (χ4n) is 2.68. The van der Waals surface area contributed by atoms with Gasteiger partial charge in [0.1, 0.15) is 10.8 Å². The molecule has 3 N–H and O–H groups in total. The first-order valence-corrected chi connectivity index (χ1v) is 11.7. The minimum atomic E-state index is -3.50. The molecule has 0 spiro atoms. The third-order valence-electron chi connectivity index (χ3n) is 4.43. The van der Waals surface area contributed by atoms with Gasteiger partial charge in [-0.3, -0.25) is 9.52 Å². The smallest absolute Gasteiger partial charge is 0.232 e. The van der Waals surface area contributed by atoms with Crippen LogP contribution in [0.3, 0.4) is 0 Å². The number of nitrogens with zero attached hydrogens (tertiary/aromatic N) is 2. The van der Waals surface area contributed by atoms with E-state index in [-0.39, 0.29) is 40.4 Å². The maximum Gasteiger partial charge on any atom is 0.232 e. The number of aromatic nitrogens is 2. The first-order valence-electron chi connectivity index (χ1n) is 9.71. The number of Topliss-reactive ketones (excluding diaryl/α,β-unsaturated/α-hetero) is 1. The highest BCUT2D eigenvalue weighted by Gasteiger charge is 2.14. The van der Waals surface area contributed by atoms with Gasteiger partial charge in [0.25, 0.3) is 0 Å². The lowest BCUT2D eigenvalue weighted by atomic mass is 10.1. The van der Waals surface area contributed by atoms with Crippen LogP contribution in [0.25, 0.3) is 0 Å². The summed E-state index contributed by atoms with van der Waals surface area (Å²) in [7, 11) is -3.50. The van der Waals surface area contributed by atoms with Crippen molar-refractivity contribution in [1.29, 1.82) is 0 Å². The van der Waals surface area contributed by atoms with Crippen molar-refractivity contribution in [3.05, 3.63) is 65.1 Å². The van der Waals surface area contributed by atoms with Crippen LogP contribution in [0.2, 0.25) is 5.02 Å². The fraction of sp³-hybridized carbons (Fsp3) is 0.190. The van der Waals surface area contributed by atoms with Gasteiger partial charge in [0.15, 0.2) is 11.6 Å². The van der Waals surface area contributed by atoms with E-state index in [1.54, 1.807) is 31.2 Å². The van der Waals surface area contributed by atoms with E-state index in [2.05, 4.69) is 25.3 Å². The van der Waals surface area contributed by atoms with Crippen LogP contribution >= 0.6 is 11.6 Å². The summed E-state index contributed by atoms with van der Waals surface area (Å²) >= 11 is 6.21. The van der Waals surface area contributed by atoms with E-state index in [0.717, 1.165) is 0 Å². The van der Waals surface area contributed by atoms with Gasteiger partial charge in [-0.2, -0.15) is 4.98 Å². The molecule has 0 bridgehead atoms. The predicted molar refractivity (Wildman–Crippen MR) is 124 cm³/mol. The van der Waals surface area contributed by atoms with Gasteiger partial charge in [-0.15, -0.1) is 0 Å². The summed E-state index contributed by atoms with van der Waals surface area (Å²) in [6, 6.07) is 10.6. The third kappa shape index (κ3) is 5.71. The molecule has 0 unspecified atom stereocenters. The van der Waals surface area contributed by atoms with Crippen molar-refractivity contribution in [3.63, 3.8) is 0 Å². The second kappa shape index (κ2) is 9.92. The Morgan fingerprint density at radius 3 is 2.47 bits per heavy atom. The number of para-hydroxylation sites is 2. The zero-order chi connectivity index (χ0) is 23.3. The lowest BCUT2D eigenvalue weighted by Crippen LogP contribution is -2.15. The van der Waals surface area contributed by atoms with Gasteiger partial charge >= 0.3 is 0 Å². The number of benzene rings is 2. The molecule has 1 heterocycles. The van der Waals surface area contributed by atoms with Gasteiger partial charge < -0.3 is 10.6 Å². The van der Waals surface area contributed by atoms with Crippen LogP contribution in [0.5, 0.6) is 0 Å². The minimum absolute atomic E-state index is 0.0310. The summed E-state index contributed by atoms with van der Waals surface area (Å²) in [4.78, 5) is 20.2. The number of halogens is 2. The van der Waals surface area contributed by atoms with Crippen molar-refractivity contribution in [2.75, 3.05) is 21.1 Å². The molecule has 32 heavy (non-hydrogen) atoms. The Kier molecular flexibility index (Phi) is 7.26. The Labute approximate surface area is 190 Å². The molecule has 0 amide bonds. The number of carbonyl (C=O) groups excluding carboxylic acids is 1. The van der Waals surface area contributed by atoms with Gasteiger partial charge in [0.05, 0.1) is 29.0 Å². The highest BCUT2D eigenvalue weighted by molar-refractivity contribution is 7.92. The van der Waals surface area contributed by atoms with E-state index in [0.29, 0.717) is 16.9 Å². The molecule has 0 saturated carbocycles. The van der Waals surface area contributed by atoms with Crippen molar-refractivity contribution >= 4 is 56.2 Å². The van der Waals surface area contributed by atoms with Crippen molar-refractivity contribution in [2.24, 2.45) is 0 Å². The van der Waals surface area contributed by atoms with Crippen LogP contribution in [0.15, 0.2) is 48.7 Å². The molecule has 168 valence electrons. The topological polar surface area (TPSA) is 113 Å². The highest BCUT2D eigenvalue weighted by Crippen LogP contribution is 2.30. The molecule has 0 aliphatic rings. The second-order valence-electron chi connectivity index (χ2n) is 6.66. The van der Waals surface area contributed by atoms with Crippen LogP contribution in [-0.2, 0) is 10.0 Å². The molecule has 0 fully saturated rings. The number of rotatable bonds is 9. The summed E-state index contributed by atoms with van der Waals surface area (Å²) in [5.41, 5.74) is 1.13. The zero-order valence-electron chi connectivity index (χ0n) is 17.3. The van der Waals surface area contributed by atoms with Gasteiger partial charge in [0, 0.05) is 12.0 Å². The van der Waals surface area contributed by atoms with Crippen molar-refractivity contribution in [3.8, 4) is 0 Å². The van der Waals surface area contributed by atoms with E-state index in [9.17, 15) is 17.6 Å². The Morgan fingerprint density at radius 2 is 1.78 bits per heavy atom. The average molecular weight is 478 g/mol. The van der Waals surface area contributed by atoms with Crippen molar-refractivity contribution < 1.29 is 17.6 Å². The molecular weight excluding hydrogens is 457 g/mol. The Bertz CT molecular complexity index is 1250. The molecule has 0 aliphatic heterocycles. The molecule has 0 radical (unpaired) electrons. The molecule has 0 atom stereocenters. The number of carbonyl (C=O) groups is 1. The summed E-state index contributed by atoms with van der Waals surface area (Å²) in [6.45, 7) is 3.25. The number of sulfonamides is 1. The van der Waals surface area contributed by atoms with Crippen LogP contribution in [-0.4, -0.2) is 29.9 Å². The third-order valence-corrected chi connectivity index (χ3v) is 5.99. The quantitative estimate of drug-likeness (QED) is 0.367. The molecule has 3 rings (SSSR count). The standard InChI is InChI=1S/C21H21ClFN5O3S/c1-3-19(29)13-9-10-15(23)18(11-13)26-21-24-12-14(22)20(27-21)25-16-7-5-6-8-17(16)28-32(30,31)4-2/h5-12,28H,3-4H2,1-2H3,(H2,24,25,26,27). The molecule has 0 saturated heterocycles. The summed E-state index contributed by atoms with van der Waals surface area (Å²) in [5.74, 6) is -0.588. The van der Waals surface area contributed by atoms with Crippen molar-refractivity contribution in [2.45, 2.75) is 20.3 Å². The van der Waals surface area contributed by atoms with Crippen LogP contribution < -0.4 is 15.4 Å². The Morgan fingerprint density at radius 1 is 1.06 bits per heavy atom. The Balaban J connectivity index is 1.89. The number of hydrogen-bond donors (Lipinski definition) is 3. The van der Waals surface area contributed by atoms with E-state index in [1.807, 2.05) is 0 Å². The number of hydrogen-bond acceptors (Lipinski definition) is 7. The predicted octanol–water partition coefficient (Wildman–Crippen LogP) is 5.11. The molecule has 8 nitrogen and oxygen atoms in total. The van der Waals surface area contributed by atoms with Crippen LogP contribution in [0.1, 0.15) is 30.6 Å². The minimum Gasteiger partial charge on any atom is -0.337 e. The summed E-state index contributed by atoms with van der Waals surface area (Å²) < 4.78 is 40.7. The SMILES string of the molecule is CCC(=O)c1ccc(F)c(Nc2ncc(Cl)c(Nc3ccccc3NS(=O)(=O)CC)n2)c1. The number of anilines is 5. The van der Waals surface area contributed by atoms with Crippen LogP contribution in [0, 0.1) is 5.82 Å². The van der Waals surface area contributed by atoms with Gasteiger partial charge in [-0.05, 0) is 37.3 Å². The first-order chi connectivity index (χ1) is 15.2.